The molecule has 0 bridgehead atoms. The maximum atomic E-state index is 11.9. The summed E-state index contributed by atoms with van der Waals surface area (Å²) >= 11 is 0. The Morgan fingerprint density at radius 2 is 2.06 bits per heavy atom. The summed E-state index contributed by atoms with van der Waals surface area (Å²) in [6, 6.07) is 7.44. The van der Waals surface area contributed by atoms with E-state index in [0.717, 1.165) is 18.4 Å². The maximum Gasteiger partial charge on any atom is 0.338 e. The molecular weight excluding hydrogens is 216 g/mol. The molecule has 0 saturated heterocycles. The Labute approximate surface area is 103 Å². The fraction of sp³-hybridized carbons (Fsp3) is 0.500. The third-order valence-electron chi connectivity index (χ3n) is 2.60. The van der Waals surface area contributed by atoms with Crippen LogP contribution in [0.4, 0.5) is 0 Å². The minimum absolute atomic E-state index is 0.155. The molecule has 0 aliphatic rings. The van der Waals surface area contributed by atoms with Gasteiger partial charge in [0.05, 0.1) is 12.2 Å². The van der Waals surface area contributed by atoms with E-state index < -0.39 is 0 Å². The number of methoxy groups -OCH3 is 1. The zero-order valence-corrected chi connectivity index (χ0v) is 10.7. The molecule has 17 heavy (non-hydrogen) atoms. The van der Waals surface area contributed by atoms with Crippen molar-refractivity contribution in [2.75, 3.05) is 13.7 Å². The molecule has 0 aliphatic carbocycles. The van der Waals surface area contributed by atoms with Crippen molar-refractivity contribution in [2.45, 2.75) is 32.8 Å². The van der Waals surface area contributed by atoms with E-state index in [0.29, 0.717) is 12.2 Å². The Kier molecular flexibility index (Phi) is 5.70. The van der Waals surface area contributed by atoms with Crippen LogP contribution >= 0.6 is 0 Å². The molecule has 1 rings (SSSR count). The third-order valence-corrected chi connectivity index (χ3v) is 2.60. The molecule has 1 aromatic rings. The second-order valence-corrected chi connectivity index (χ2v) is 4.09. The highest BCUT2D eigenvalue weighted by atomic mass is 16.6. The number of ether oxygens (including phenoxy) is 2. The van der Waals surface area contributed by atoms with Crippen molar-refractivity contribution in [3.8, 4) is 0 Å². The van der Waals surface area contributed by atoms with E-state index in [1.165, 1.54) is 0 Å². The predicted octanol–water partition coefficient (Wildman–Crippen LogP) is 2.97. The number of hydrogen-bond donors (Lipinski definition) is 0. The van der Waals surface area contributed by atoms with Gasteiger partial charge in [-0.1, -0.05) is 31.5 Å². The lowest BCUT2D eigenvalue weighted by Gasteiger charge is -2.16. The number of benzene rings is 1. The topological polar surface area (TPSA) is 35.5 Å². The van der Waals surface area contributed by atoms with Gasteiger partial charge in [-0.15, -0.1) is 0 Å². The third kappa shape index (κ3) is 4.19. The van der Waals surface area contributed by atoms with Crippen molar-refractivity contribution in [2.24, 2.45) is 0 Å². The monoisotopic (exact) mass is 236 g/mol. The molecule has 0 aromatic heterocycles. The van der Waals surface area contributed by atoms with Gasteiger partial charge in [-0.05, 0) is 25.0 Å². The van der Waals surface area contributed by atoms with Gasteiger partial charge in [-0.3, -0.25) is 0 Å². The molecule has 0 aliphatic heterocycles. The number of rotatable bonds is 6. The predicted molar refractivity (Wildman–Crippen MR) is 67.2 cm³/mol. The van der Waals surface area contributed by atoms with Crippen LogP contribution < -0.4 is 0 Å². The zero-order valence-electron chi connectivity index (χ0n) is 10.7. The summed E-state index contributed by atoms with van der Waals surface area (Å²) in [5, 5.41) is 0. The fourth-order valence-corrected chi connectivity index (χ4v) is 1.70. The van der Waals surface area contributed by atoms with Gasteiger partial charge in [0.2, 0.25) is 0 Å². The first-order chi connectivity index (χ1) is 8.19. The van der Waals surface area contributed by atoms with E-state index in [-0.39, 0.29) is 12.1 Å². The Morgan fingerprint density at radius 3 is 2.65 bits per heavy atom. The van der Waals surface area contributed by atoms with Crippen LogP contribution in [0, 0.1) is 6.92 Å². The van der Waals surface area contributed by atoms with Crippen molar-refractivity contribution in [1.82, 2.24) is 0 Å². The van der Waals surface area contributed by atoms with Crippen LogP contribution in [-0.4, -0.2) is 25.8 Å². The lowest BCUT2D eigenvalue weighted by Crippen LogP contribution is -2.23. The minimum atomic E-state index is -0.265. The highest BCUT2D eigenvalue weighted by molar-refractivity contribution is 5.91. The fourth-order valence-electron chi connectivity index (χ4n) is 1.70. The summed E-state index contributed by atoms with van der Waals surface area (Å²) in [6.45, 7) is 4.41. The Hall–Kier alpha value is -1.35. The maximum absolute atomic E-state index is 11.9. The van der Waals surface area contributed by atoms with Crippen molar-refractivity contribution in [1.29, 1.82) is 0 Å². The molecule has 1 aromatic carbocycles. The summed E-state index contributed by atoms with van der Waals surface area (Å²) < 4.78 is 10.5. The quantitative estimate of drug-likeness (QED) is 0.712. The SMILES string of the molecule is CCCC(COC)OC(=O)c1ccccc1C. The molecule has 0 spiro atoms. The smallest absolute Gasteiger partial charge is 0.338 e. The normalized spacial score (nSPS) is 12.2. The van der Waals surface area contributed by atoms with Crippen LogP contribution in [0.5, 0.6) is 0 Å². The number of esters is 1. The van der Waals surface area contributed by atoms with Crippen molar-refractivity contribution >= 4 is 5.97 Å². The highest BCUT2D eigenvalue weighted by Gasteiger charge is 2.16. The Morgan fingerprint density at radius 1 is 1.35 bits per heavy atom. The van der Waals surface area contributed by atoms with Crippen molar-refractivity contribution in [3.05, 3.63) is 35.4 Å². The highest BCUT2D eigenvalue weighted by Crippen LogP contribution is 2.12. The summed E-state index contributed by atoms with van der Waals surface area (Å²) in [6.07, 6.45) is 1.64. The van der Waals surface area contributed by atoms with E-state index in [4.69, 9.17) is 9.47 Å². The van der Waals surface area contributed by atoms with Crippen molar-refractivity contribution < 1.29 is 14.3 Å². The summed E-state index contributed by atoms with van der Waals surface area (Å²) in [4.78, 5) is 11.9. The number of hydrogen-bond acceptors (Lipinski definition) is 3. The van der Waals surface area contributed by atoms with E-state index >= 15 is 0 Å². The summed E-state index contributed by atoms with van der Waals surface area (Å²) in [5.41, 5.74) is 1.56. The van der Waals surface area contributed by atoms with E-state index in [2.05, 4.69) is 6.92 Å². The van der Waals surface area contributed by atoms with E-state index in [9.17, 15) is 4.79 Å². The molecule has 0 N–H and O–H groups in total. The van der Waals surface area contributed by atoms with Crippen molar-refractivity contribution in [3.63, 3.8) is 0 Å². The summed E-state index contributed by atoms with van der Waals surface area (Å²) in [7, 11) is 1.62. The lowest BCUT2D eigenvalue weighted by molar-refractivity contribution is 0.00291. The molecule has 0 amide bonds. The van der Waals surface area contributed by atoms with Crippen LogP contribution in [0.15, 0.2) is 24.3 Å². The standard InChI is InChI=1S/C14H20O3/c1-4-7-12(10-16-3)17-14(15)13-9-6-5-8-11(13)2/h5-6,8-9,12H,4,7,10H2,1-3H3. The molecule has 1 atom stereocenters. The van der Waals surface area contributed by atoms with Gasteiger partial charge in [0.15, 0.2) is 0 Å². The van der Waals surface area contributed by atoms with Gasteiger partial charge in [-0.2, -0.15) is 0 Å². The molecule has 94 valence electrons. The molecule has 1 unspecified atom stereocenters. The molecule has 3 nitrogen and oxygen atoms in total. The van der Waals surface area contributed by atoms with Crippen LogP contribution in [0.1, 0.15) is 35.7 Å². The second-order valence-electron chi connectivity index (χ2n) is 4.09. The largest absolute Gasteiger partial charge is 0.456 e. The van der Waals surface area contributed by atoms with Gasteiger partial charge >= 0.3 is 5.97 Å². The first kappa shape index (κ1) is 13.7. The van der Waals surface area contributed by atoms with E-state index in [1.54, 1.807) is 13.2 Å². The number of carbonyl (C=O) groups excluding carboxylic acids is 1. The zero-order chi connectivity index (χ0) is 12.7. The molecule has 0 saturated carbocycles. The minimum Gasteiger partial charge on any atom is -0.456 e. The van der Waals surface area contributed by atoms with Crippen LogP contribution in [0.3, 0.4) is 0 Å². The van der Waals surface area contributed by atoms with Gasteiger partial charge < -0.3 is 9.47 Å². The molecule has 0 radical (unpaired) electrons. The van der Waals surface area contributed by atoms with Gasteiger partial charge in [-0.25, -0.2) is 4.79 Å². The Balaban J connectivity index is 2.67. The average molecular weight is 236 g/mol. The first-order valence-electron chi connectivity index (χ1n) is 5.94. The van der Waals surface area contributed by atoms with Gasteiger partial charge in [0.1, 0.15) is 6.10 Å². The number of carbonyl (C=O) groups is 1. The summed E-state index contributed by atoms with van der Waals surface area (Å²) in [5.74, 6) is -0.265. The van der Waals surface area contributed by atoms with Crippen LogP contribution in [-0.2, 0) is 9.47 Å². The Bertz CT molecular complexity index is 354. The van der Waals surface area contributed by atoms with E-state index in [1.807, 2.05) is 25.1 Å². The van der Waals surface area contributed by atoms with Crippen LogP contribution in [0.2, 0.25) is 0 Å². The number of aryl methyl sites for hydroxylation is 1. The lowest BCUT2D eigenvalue weighted by atomic mass is 10.1. The van der Waals surface area contributed by atoms with Gasteiger partial charge in [0.25, 0.3) is 0 Å². The second kappa shape index (κ2) is 7.07. The molecule has 0 heterocycles. The van der Waals surface area contributed by atoms with Gasteiger partial charge in [0, 0.05) is 7.11 Å². The molecule has 3 heteroatoms. The van der Waals surface area contributed by atoms with Crippen LogP contribution in [0.25, 0.3) is 0 Å². The molecule has 0 fully saturated rings. The first-order valence-corrected chi connectivity index (χ1v) is 5.94. The molecular formula is C14H20O3. The average Bonchev–Trinajstić information content (AvgIpc) is 2.30.